The number of halogens is 3. The Hall–Kier alpha value is -2.87. The van der Waals surface area contributed by atoms with Crippen LogP contribution in [-0.4, -0.2) is 40.2 Å². The first-order valence-electron chi connectivity index (χ1n) is 8.28. The SMILES string of the molecule is C[C@@H](CO)N1C(c2ccc(OC(F)(F)F)cc2)=CC=NC1c1cccnc1. The van der Waals surface area contributed by atoms with E-state index in [-0.39, 0.29) is 18.4 Å². The first-order chi connectivity index (χ1) is 12.9. The van der Waals surface area contributed by atoms with E-state index in [1.807, 2.05) is 17.9 Å². The van der Waals surface area contributed by atoms with Crippen LogP contribution in [0.1, 0.15) is 24.2 Å². The minimum absolute atomic E-state index is 0.112. The number of hydrogen-bond acceptors (Lipinski definition) is 5. The Kier molecular flexibility index (Phi) is 5.46. The van der Waals surface area contributed by atoms with Gasteiger partial charge in [0.05, 0.1) is 12.6 Å². The number of nitrogens with zero attached hydrogens (tertiary/aromatic N) is 3. The summed E-state index contributed by atoms with van der Waals surface area (Å²) in [4.78, 5) is 10.5. The Bertz CT molecular complexity index is 820. The normalized spacial score (nSPS) is 18.2. The quantitative estimate of drug-likeness (QED) is 0.861. The van der Waals surface area contributed by atoms with Gasteiger partial charge in [-0.2, -0.15) is 0 Å². The molecule has 1 N–H and O–H groups in total. The molecule has 1 unspecified atom stereocenters. The number of allylic oxidation sites excluding steroid dienone is 1. The van der Waals surface area contributed by atoms with Crippen LogP contribution >= 0.6 is 0 Å². The van der Waals surface area contributed by atoms with Crippen LogP contribution < -0.4 is 4.74 Å². The maximum Gasteiger partial charge on any atom is 0.573 e. The van der Waals surface area contributed by atoms with Gasteiger partial charge in [-0.15, -0.1) is 13.2 Å². The number of pyridine rings is 1. The van der Waals surface area contributed by atoms with Crippen LogP contribution in [0.3, 0.4) is 0 Å². The van der Waals surface area contributed by atoms with Crippen LogP contribution in [0.4, 0.5) is 13.2 Å². The zero-order chi connectivity index (χ0) is 19.4. The lowest BCUT2D eigenvalue weighted by atomic mass is 10.0. The Labute approximate surface area is 154 Å². The van der Waals surface area contributed by atoms with Crippen molar-refractivity contribution >= 4 is 11.9 Å². The highest BCUT2D eigenvalue weighted by atomic mass is 19.4. The number of aliphatic hydroxyl groups is 1. The van der Waals surface area contributed by atoms with Gasteiger partial charge in [-0.05, 0) is 48.9 Å². The predicted molar refractivity (Wildman–Crippen MR) is 95.0 cm³/mol. The van der Waals surface area contributed by atoms with Gasteiger partial charge in [-0.3, -0.25) is 9.98 Å². The molecule has 1 aromatic carbocycles. The van der Waals surface area contributed by atoms with Gasteiger partial charge in [0.15, 0.2) is 0 Å². The molecule has 0 saturated carbocycles. The molecule has 0 aliphatic carbocycles. The molecule has 5 nitrogen and oxygen atoms in total. The molecule has 3 rings (SSSR count). The zero-order valence-electron chi connectivity index (χ0n) is 14.5. The maximum absolute atomic E-state index is 12.4. The van der Waals surface area contributed by atoms with E-state index in [0.717, 1.165) is 11.3 Å². The lowest BCUT2D eigenvalue weighted by molar-refractivity contribution is -0.274. The molecule has 0 radical (unpaired) electrons. The fourth-order valence-corrected chi connectivity index (χ4v) is 2.90. The van der Waals surface area contributed by atoms with Crippen molar-refractivity contribution in [2.75, 3.05) is 6.61 Å². The van der Waals surface area contributed by atoms with Gasteiger partial charge >= 0.3 is 6.36 Å². The molecular formula is C19H18F3N3O2. The Morgan fingerprint density at radius 1 is 1.22 bits per heavy atom. The third-order valence-corrected chi connectivity index (χ3v) is 4.11. The fourth-order valence-electron chi connectivity index (χ4n) is 2.90. The second-order valence-electron chi connectivity index (χ2n) is 6.02. The molecule has 2 heterocycles. The topological polar surface area (TPSA) is 58.0 Å². The zero-order valence-corrected chi connectivity index (χ0v) is 14.5. The van der Waals surface area contributed by atoms with Gasteiger partial charge in [0.25, 0.3) is 0 Å². The van der Waals surface area contributed by atoms with Crippen LogP contribution in [-0.2, 0) is 0 Å². The molecule has 1 aliphatic heterocycles. The first-order valence-corrected chi connectivity index (χ1v) is 8.28. The van der Waals surface area contributed by atoms with Crippen molar-refractivity contribution < 1.29 is 23.0 Å². The molecular weight excluding hydrogens is 359 g/mol. The van der Waals surface area contributed by atoms with Gasteiger partial charge in [0.2, 0.25) is 0 Å². The predicted octanol–water partition coefficient (Wildman–Crippen LogP) is 3.79. The molecule has 142 valence electrons. The maximum atomic E-state index is 12.4. The summed E-state index contributed by atoms with van der Waals surface area (Å²) < 4.78 is 41.0. The highest BCUT2D eigenvalue weighted by molar-refractivity contribution is 5.86. The van der Waals surface area contributed by atoms with E-state index in [9.17, 15) is 18.3 Å². The van der Waals surface area contributed by atoms with Crippen LogP contribution in [0.2, 0.25) is 0 Å². The summed E-state index contributed by atoms with van der Waals surface area (Å²) in [5.41, 5.74) is 2.26. The average molecular weight is 377 g/mol. The lowest BCUT2D eigenvalue weighted by Crippen LogP contribution is -2.38. The summed E-state index contributed by atoms with van der Waals surface area (Å²) in [5, 5.41) is 9.71. The molecule has 0 fully saturated rings. The number of ether oxygens (including phenoxy) is 1. The third-order valence-electron chi connectivity index (χ3n) is 4.11. The number of hydrogen-bond donors (Lipinski definition) is 1. The van der Waals surface area contributed by atoms with E-state index in [1.54, 1.807) is 42.9 Å². The molecule has 2 atom stereocenters. The van der Waals surface area contributed by atoms with Crippen LogP contribution in [0.15, 0.2) is 59.9 Å². The summed E-state index contributed by atoms with van der Waals surface area (Å²) >= 11 is 0. The summed E-state index contributed by atoms with van der Waals surface area (Å²) in [6.07, 6.45) is 1.63. The van der Waals surface area contributed by atoms with Crippen molar-refractivity contribution in [2.24, 2.45) is 4.99 Å². The molecule has 8 heteroatoms. The van der Waals surface area contributed by atoms with E-state index in [0.29, 0.717) is 5.56 Å². The summed E-state index contributed by atoms with van der Waals surface area (Å²) in [6.45, 7) is 1.73. The number of rotatable bonds is 5. The number of benzene rings is 1. The number of aliphatic imine (C=N–C) groups is 1. The monoisotopic (exact) mass is 377 g/mol. The second kappa shape index (κ2) is 7.79. The van der Waals surface area contributed by atoms with Crippen molar-refractivity contribution in [1.82, 2.24) is 9.88 Å². The summed E-state index contributed by atoms with van der Waals surface area (Å²) in [7, 11) is 0. The lowest BCUT2D eigenvalue weighted by Gasteiger charge is -2.39. The van der Waals surface area contributed by atoms with Crippen LogP contribution in [0, 0.1) is 0 Å². The van der Waals surface area contributed by atoms with Gasteiger partial charge in [0.1, 0.15) is 11.9 Å². The Balaban J connectivity index is 1.93. The Morgan fingerprint density at radius 2 is 1.96 bits per heavy atom. The Morgan fingerprint density at radius 3 is 2.56 bits per heavy atom. The molecule has 1 aromatic heterocycles. The summed E-state index contributed by atoms with van der Waals surface area (Å²) in [5.74, 6) is -0.290. The minimum Gasteiger partial charge on any atom is -0.406 e. The number of aromatic nitrogens is 1. The highest BCUT2D eigenvalue weighted by Crippen LogP contribution is 2.35. The third kappa shape index (κ3) is 4.46. The standard InChI is InChI=1S/C19H18F3N3O2/c1-13(12-26)25-17(8-10-24-18(25)15-3-2-9-23-11-15)14-4-6-16(7-5-14)27-19(20,21)22/h2-11,13,18,26H,12H2,1H3/t13-,18?/m0/s1. The smallest absolute Gasteiger partial charge is 0.406 e. The molecule has 0 bridgehead atoms. The van der Waals surface area contributed by atoms with Crippen molar-refractivity contribution in [3.05, 3.63) is 66.0 Å². The van der Waals surface area contributed by atoms with Crippen molar-refractivity contribution in [1.29, 1.82) is 0 Å². The molecule has 0 saturated heterocycles. The molecule has 1 aliphatic rings. The molecule has 27 heavy (non-hydrogen) atoms. The average Bonchev–Trinajstić information content (AvgIpc) is 2.67. The van der Waals surface area contributed by atoms with E-state index < -0.39 is 12.5 Å². The van der Waals surface area contributed by atoms with Crippen molar-refractivity contribution in [3.8, 4) is 5.75 Å². The van der Waals surface area contributed by atoms with Crippen LogP contribution in [0.5, 0.6) is 5.75 Å². The van der Waals surface area contributed by atoms with Gasteiger partial charge in [-0.1, -0.05) is 6.07 Å². The number of aliphatic hydroxyl groups excluding tert-OH is 1. The van der Waals surface area contributed by atoms with Gasteiger partial charge in [-0.25, -0.2) is 0 Å². The van der Waals surface area contributed by atoms with E-state index in [2.05, 4.69) is 14.7 Å². The minimum atomic E-state index is -4.73. The van der Waals surface area contributed by atoms with E-state index in [1.165, 1.54) is 12.1 Å². The van der Waals surface area contributed by atoms with E-state index >= 15 is 0 Å². The van der Waals surface area contributed by atoms with Gasteiger partial charge < -0.3 is 14.7 Å². The molecule has 0 spiro atoms. The number of alkyl halides is 3. The molecule has 2 aromatic rings. The highest BCUT2D eigenvalue weighted by Gasteiger charge is 2.32. The van der Waals surface area contributed by atoms with Gasteiger partial charge in [0, 0.05) is 29.9 Å². The summed E-state index contributed by atoms with van der Waals surface area (Å²) in [6, 6.07) is 9.02. The second-order valence-corrected chi connectivity index (χ2v) is 6.02. The first kappa shape index (κ1) is 18.9. The fraction of sp³-hybridized carbons (Fsp3) is 0.263. The van der Waals surface area contributed by atoms with Crippen molar-refractivity contribution in [3.63, 3.8) is 0 Å². The largest absolute Gasteiger partial charge is 0.573 e. The van der Waals surface area contributed by atoms with Crippen molar-refractivity contribution in [2.45, 2.75) is 25.5 Å². The molecule has 0 amide bonds. The van der Waals surface area contributed by atoms with Crippen LogP contribution in [0.25, 0.3) is 5.70 Å². The van der Waals surface area contributed by atoms with E-state index in [4.69, 9.17) is 0 Å².